The third-order valence-electron chi connectivity index (χ3n) is 3.61. The van der Waals surface area contributed by atoms with Crippen molar-refractivity contribution in [1.29, 1.82) is 0 Å². The highest BCUT2D eigenvalue weighted by Crippen LogP contribution is 2.18. The van der Waals surface area contributed by atoms with E-state index in [0.717, 1.165) is 11.1 Å². The third kappa shape index (κ3) is 5.66. The van der Waals surface area contributed by atoms with Gasteiger partial charge in [0.05, 0.1) is 12.5 Å². The number of carboxylic acid groups (broad SMARTS) is 1. The number of nitrogens with two attached hydrogens (primary N) is 1. The fourth-order valence-corrected chi connectivity index (χ4v) is 2.34. The molecule has 0 spiro atoms. The zero-order chi connectivity index (χ0) is 18.2. The van der Waals surface area contributed by atoms with E-state index in [-0.39, 0.29) is 12.5 Å². The normalized spacial score (nSPS) is 11.8. The number of nitrogens with one attached hydrogen (secondary N) is 1. The Bertz CT molecular complexity index is 780. The van der Waals surface area contributed by atoms with Crippen LogP contribution in [0.3, 0.4) is 0 Å². The monoisotopic (exact) mass is 336 g/mol. The van der Waals surface area contributed by atoms with Crippen molar-refractivity contribution in [1.82, 2.24) is 5.32 Å². The molecule has 5 heteroatoms. The first kappa shape index (κ1) is 18.0. The molecule has 2 rings (SSSR count). The first-order valence-electron chi connectivity index (χ1n) is 7.76. The van der Waals surface area contributed by atoms with E-state index in [1.807, 2.05) is 36.4 Å². The highest BCUT2D eigenvalue weighted by atomic mass is 16.4. The van der Waals surface area contributed by atoms with Crippen molar-refractivity contribution < 1.29 is 14.7 Å². The lowest BCUT2D eigenvalue weighted by Crippen LogP contribution is -2.22. The van der Waals surface area contributed by atoms with Gasteiger partial charge in [-0.2, -0.15) is 0 Å². The van der Waals surface area contributed by atoms with Crippen LogP contribution >= 0.6 is 0 Å². The first-order valence-corrected chi connectivity index (χ1v) is 7.76. The van der Waals surface area contributed by atoms with E-state index in [9.17, 15) is 9.59 Å². The van der Waals surface area contributed by atoms with Crippen LogP contribution in [0.4, 0.5) is 0 Å². The number of rotatable bonds is 8. The minimum Gasteiger partial charge on any atom is -0.481 e. The summed E-state index contributed by atoms with van der Waals surface area (Å²) in [7, 11) is 0. The molecular weight excluding hydrogens is 316 g/mol. The molecular formula is C20H20N2O3. The molecule has 0 radical (unpaired) electrons. The molecule has 128 valence electrons. The summed E-state index contributed by atoms with van der Waals surface area (Å²) in [6, 6.07) is 15.8. The number of allylic oxidation sites excluding steroid dienone is 1. The van der Waals surface area contributed by atoms with Crippen molar-refractivity contribution in [2.45, 2.75) is 12.5 Å². The summed E-state index contributed by atoms with van der Waals surface area (Å²) >= 11 is 0. The van der Waals surface area contributed by atoms with Gasteiger partial charge in [-0.05, 0) is 29.3 Å². The van der Waals surface area contributed by atoms with Crippen LogP contribution in [-0.2, 0) is 4.79 Å². The second-order valence-corrected chi connectivity index (χ2v) is 5.55. The number of primary amides is 1. The molecule has 1 atom stereocenters. The Morgan fingerprint density at radius 1 is 1.12 bits per heavy atom. The minimum absolute atomic E-state index is 0.0514. The van der Waals surface area contributed by atoms with Crippen molar-refractivity contribution >= 4 is 18.0 Å². The molecule has 4 N–H and O–H groups in total. The van der Waals surface area contributed by atoms with Crippen molar-refractivity contribution in [2.75, 3.05) is 0 Å². The molecule has 0 bridgehead atoms. The van der Waals surface area contributed by atoms with Crippen molar-refractivity contribution in [3.05, 3.63) is 89.6 Å². The molecule has 0 saturated heterocycles. The maximum absolute atomic E-state index is 11.1. The smallest absolute Gasteiger partial charge is 0.305 e. The number of benzene rings is 2. The molecule has 0 aliphatic rings. The Morgan fingerprint density at radius 2 is 1.76 bits per heavy atom. The lowest BCUT2D eigenvalue weighted by Gasteiger charge is -2.18. The number of carboxylic acids is 1. The van der Waals surface area contributed by atoms with Gasteiger partial charge in [-0.1, -0.05) is 55.1 Å². The quantitative estimate of drug-likeness (QED) is 0.646. The van der Waals surface area contributed by atoms with E-state index in [2.05, 4.69) is 11.9 Å². The Hall–Kier alpha value is -3.34. The molecule has 2 aromatic rings. The second kappa shape index (κ2) is 8.49. The summed E-state index contributed by atoms with van der Waals surface area (Å²) in [6.07, 6.45) is 3.53. The van der Waals surface area contributed by atoms with Gasteiger partial charge in [-0.25, -0.2) is 0 Å². The highest BCUT2D eigenvalue weighted by molar-refractivity contribution is 5.92. The number of hydrogen-bond donors (Lipinski definition) is 3. The lowest BCUT2D eigenvalue weighted by atomic mass is 10.0. The van der Waals surface area contributed by atoms with Gasteiger partial charge in [-0.3, -0.25) is 9.59 Å². The number of hydrogen-bond acceptors (Lipinski definition) is 3. The van der Waals surface area contributed by atoms with Crippen molar-refractivity contribution in [3.8, 4) is 0 Å². The maximum atomic E-state index is 11.1. The minimum atomic E-state index is -0.889. The average Bonchev–Trinajstić information content (AvgIpc) is 2.60. The summed E-state index contributed by atoms with van der Waals surface area (Å²) in [4.78, 5) is 22.2. The van der Waals surface area contributed by atoms with Gasteiger partial charge in [0.25, 0.3) is 0 Å². The summed E-state index contributed by atoms with van der Waals surface area (Å²) < 4.78 is 0. The Labute approximate surface area is 146 Å². The molecule has 0 fully saturated rings. The van der Waals surface area contributed by atoms with Crippen LogP contribution < -0.4 is 11.1 Å². The third-order valence-corrected chi connectivity index (χ3v) is 3.61. The summed E-state index contributed by atoms with van der Waals surface area (Å²) in [5, 5.41) is 12.2. The summed E-state index contributed by atoms with van der Waals surface area (Å²) in [5.74, 6) is -1.36. The van der Waals surface area contributed by atoms with Crippen LogP contribution in [0.2, 0.25) is 0 Å². The van der Waals surface area contributed by atoms with E-state index in [1.165, 1.54) is 0 Å². The molecule has 0 unspecified atom stereocenters. The van der Waals surface area contributed by atoms with Gasteiger partial charge in [0.2, 0.25) is 5.91 Å². The van der Waals surface area contributed by atoms with Gasteiger partial charge in [0.1, 0.15) is 0 Å². The Morgan fingerprint density at radius 3 is 2.32 bits per heavy atom. The van der Waals surface area contributed by atoms with Crippen LogP contribution in [-0.4, -0.2) is 17.0 Å². The molecule has 0 aliphatic heterocycles. The van der Waals surface area contributed by atoms with Gasteiger partial charge in [0.15, 0.2) is 0 Å². The standard InChI is InChI=1S/C20H20N2O3/c1-14(7-8-15-9-11-17(12-10-15)20(21)25)22-18(13-19(23)24)16-5-3-2-4-6-16/h2-12,18,22H,1,13H2,(H2,21,25)(H,23,24)/b8-7+/t18-/m0/s1. The predicted octanol–water partition coefficient (Wildman–Crippen LogP) is 3.12. The second-order valence-electron chi connectivity index (χ2n) is 5.55. The molecule has 0 aromatic heterocycles. The molecule has 25 heavy (non-hydrogen) atoms. The molecule has 0 aliphatic carbocycles. The topological polar surface area (TPSA) is 92.4 Å². The number of carbonyl (C=O) groups excluding carboxylic acids is 1. The highest BCUT2D eigenvalue weighted by Gasteiger charge is 2.14. The fourth-order valence-electron chi connectivity index (χ4n) is 2.34. The molecule has 5 nitrogen and oxygen atoms in total. The van der Waals surface area contributed by atoms with Gasteiger partial charge < -0.3 is 16.2 Å². The summed E-state index contributed by atoms with van der Waals surface area (Å²) in [5.41, 5.74) is 8.00. The van der Waals surface area contributed by atoms with Crippen molar-refractivity contribution in [3.63, 3.8) is 0 Å². The largest absolute Gasteiger partial charge is 0.481 e. The average molecular weight is 336 g/mol. The van der Waals surface area contributed by atoms with Crippen LogP contribution in [0.15, 0.2) is 72.9 Å². The van der Waals surface area contributed by atoms with Crippen molar-refractivity contribution in [2.24, 2.45) is 5.73 Å². The molecule has 1 amide bonds. The van der Waals surface area contributed by atoms with Crippen LogP contribution in [0.5, 0.6) is 0 Å². The van der Waals surface area contributed by atoms with Crippen LogP contribution in [0, 0.1) is 0 Å². The zero-order valence-electron chi connectivity index (χ0n) is 13.7. The SMILES string of the molecule is C=C(/C=C/c1ccc(C(N)=O)cc1)N[C@@H](CC(=O)O)c1ccccc1. The van der Waals surface area contributed by atoms with E-state index < -0.39 is 11.9 Å². The molecule has 0 heterocycles. The van der Waals surface area contributed by atoms with Gasteiger partial charge in [-0.15, -0.1) is 0 Å². The van der Waals surface area contributed by atoms with E-state index in [1.54, 1.807) is 30.3 Å². The predicted molar refractivity (Wildman–Crippen MR) is 97.7 cm³/mol. The van der Waals surface area contributed by atoms with Crippen LogP contribution in [0.25, 0.3) is 6.08 Å². The van der Waals surface area contributed by atoms with Gasteiger partial charge >= 0.3 is 5.97 Å². The van der Waals surface area contributed by atoms with Crippen LogP contribution in [0.1, 0.15) is 33.9 Å². The van der Waals surface area contributed by atoms with Gasteiger partial charge in [0, 0.05) is 11.3 Å². The number of aliphatic carboxylic acids is 1. The summed E-state index contributed by atoms with van der Waals surface area (Å²) in [6.45, 7) is 3.92. The van der Waals surface area contributed by atoms with E-state index in [4.69, 9.17) is 10.8 Å². The first-order chi connectivity index (χ1) is 12.0. The zero-order valence-corrected chi connectivity index (χ0v) is 13.7. The van der Waals surface area contributed by atoms with E-state index in [0.29, 0.717) is 11.3 Å². The van der Waals surface area contributed by atoms with E-state index >= 15 is 0 Å². The molecule has 2 aromatic carbocycles. The molecule has 0 saturated carbocycles. The Kier molecular flexibility index (Phi) is 6.12. The number of amides is 1. The Balaban J connectivity index is 2.05. The number of carbonyl (C=O) groups is 2. The lowest BCUT2D eigenvalue weighted by molar-refractivity contribution is -0.137. The maximum Gasteiger partial charge on any atom is 0.305 e. The fraction of sp³-hybridized carbons (Fsp3) is 0.100.